The van der Waals surface area contributed by atoms with Gasteiger partial charge in [0.2, 0.25) is 0 Å². The number of aromatic nitrogens is 1. The standard InChI is InChI=1S/C16H14ClN3/c1-10-2-5-13(17)16(8-10)20-14-6-7-19-15-9-11(18)3-4-12(14)15/h2-9H,18H2,1H3,(H,19,20). The zero-order valence-electron chi connectivity index (χ0n) is 11.0. The van der Waals surface area contributed by atoms with Crippen LogP contribution in [0.25, 0.3) is 10.9 Å². The van der Waals surface area contributed by atoms with E-state index in [1.54, 1.807) is 6.20 Å². The van der Waals surface area contributed by atoms with E-state index < -0.39 is 0 Å². The zero-order valence-corrected chi connectivity index (χ0v) is 11.8. The summed E-state index contributed by atoms with van der Waals surface area (Å²) in [4.78, 5) is 4.33. The molecule has 0 amide bonds. The molecule has 4 heteroatoms. The quantitative estimate of drug-likeness (QED) is 0.680. The summed E-state index contributed by atoms with van der Waals surface area (Å²) in [6, 6.07) is 13.5. The van der Waals surface area contributed by atoms with E-state index in [4.69, 9.17) is 17.3 Å². The Labute approximate surface area is 122 Å². The van der Waals surface area contributed by atoms with Crippen LogP contribution in [0.15, 0.2) is 48.7 Å². The highest BCUT2D eigenvalue weighted by Crippen LogP contribution is 2.30. The van der Waals surface area contributed by atoms with Crippen LogP contribution in [0, 0.1) is 6.92 Å². The maximum atomic E-state index is 6.22. The summed E-state index contributed by atoms with van der Waals surface area (Å²) in [5.74, 6) is 0. The van der Waals surface area contributed by atoms with Crippen LogP contribution < -0.4 is 11.1 Å². The number of fused-ring (bicyclic) bond motifs is 1. The second kappa shape index (κ2) is 5.02. The third-order valence-corrected chi connectivity index (χ3v) is 3.49. The van der Waals surface area contributed by atoms with Crippen molar-refractivity contribution in [1.29, 1.82) is 0 Å². The molecule has 1 aromatic heterocycles. The van der Waals surface area contributed by atoms with Gasteiger partial charge in [-0.25, -0.2) is 0 Å². The molecule has 0 saturated heterocycles. The van der Waals surface area contributed by atoms with Gasteiger partial charge in [0, 0.05) is 23.0 Å². The highest BCUT2D eigenvalue weighted by atomic mass is 35.5. The third kappa shape index (κ3) is 2.40. The van der Waals surface area contributed by atoms with Crippen molar-refractivity contribution in [3.8, 4) is 0 Å². The van der Waals surface area contributed by atoms with E-state index in [1.165, 1.54) is 0 Å². The van der Waals surface area contributed by atoms with Crippen LogP contribution >= 0.6 is 11.6 Å². The Morgan fingerprint density at radius 1 is 1.05 bits per heavy atom. The van der Waals surface area contributed by atoms with Crippen molar-refractivity contribution in [2.75, 3.05) is 11.1 Å². The minimum atomic E-state index is 0.691. The van der Waals surface area contributed by atoms with Crippen LogP contribution in [-0.2, 0) is 0 Å². The molecule has 3 rings (SSSR count). The van der Waals surface area contributed by atoms with Gasteiger partial charge in [-0.3, -0.25) is 4.98 Å². The number of nitrogen functional groups attached to an aromatic ring is 1. The Kier molecular flexibility index (Phi) is 3.20. The first-order valence-electron chi connectivity index (χ1n) is 6.31. The Balaban J connectivity index is 2.09. The van der Waals surface area contributed by atoms with Crippen molar-refractivity contribution in [3.63, 3.8) is 0 Å². The van der Waals surface area contributed by atoms with Crippen LogP contribution in [0.1, 0.15) is 5.56 Å². The lowest BCUT2D eigenvalue weighted by molar-refractivity contribution is 1.40. The second-order valence-corrected chi connectivity index (χ2v) is 5.15. The lowest BCUT2D eigenvalue weighted by atomic mass is 10.1. The summed E-state index contributed by atoms with van der Waals surface area (Å²) in [5, 5.41) is 5.07. The van der Waals surface area contributed by atoms with Crippen molar-refractivity contribution in [1.82, 2.24) is 4.98 Å². The van der Waals surface area contributed by atoms with Crippen LogP contribution in [0.4, 0.5) is 17.1 Å². The number of nitrogens with one attached hydrogen (secondary N) is 1. The molecule has 0 aliphatic heterocycles. The summed E-state index contributed by atoms with van der Waals surface area (Å²) >= 11 is 6.22. The number of rotatable bonds is 2. The Hall–Kier alpha value is -2.26. The first-order valence-corrected chi connectivity index (χ1v) is 6.69. The largest absolute Gasteiger partial charge is 0.399 e. The summed E-state index contributed by atoms with van der Waals surface area (Å²) in [5.41, 5.74) is 10.4. The molecule has 100 valence electrons. The SMILES string of the molecule is Cc1ccc(Cl)c(Nc2ccnc3cc(N)ccc23)c1. The highest BCUT2D eigenvalue weighted by molar-refractivity contribution is 6.33. The topological polar surface area (TPSA) is 50.9 Å². The predicted molar refractivity (Wildman–Crippen MR) is 85.6 cm³/mol. The van der Waals surface area contributed by atoms with Crippen molar-refractivity contribution < 1.29 is 0 Å². The average molecular weight is 284 g/mol. The number of hydrogen-bond acceptors (Lipinski definition) is 3. The number of nitrogens with zero attached hydrogens (tertiary/aromatic N) is 1. The summed E-state index contributed by atoms with van der Waals surface area (Å²) in [6.45, 7) is 2.03. The maximum Gasteiger partial charge on any atom is 0.0743 e. The van der Waals surface area contributed by atoms with Gasteiger partial charge in [-0.2, -0.15) is 0 Å². The number of pyridine rings is 1. The van der Waals surface area contributed by atoms with Crippen molar-refractivity contribution in [3.05, 3.63) is 59.2 Å². The maximum absolute atomic E-state index is 6.22. The van der Waals surface area contributed by atoms with Gasteiger partial charge in [0.15, 0.2) is 0 Å². The van der Waals surface area contributed by atoms with Gasteiger partial charge in [0.05, 0.1) is 16.2 Å². The van der Waals surface area contributed by atoms with Gasteiger partial charge in [-0.05, 0) is 48.9 Å². The fourth-order valence-electron chi connectivity index (χ4n) is 2.15. The lowest BCUT2D eigenvalue weighted by Crippen LogP contribution is -1.94. The highest BCUT2D eigenvalue weighted by Gasteiger charge is 2.05. The van der Waals surface area contributed by atoms with Crippen LogP contribution in [0.2, 0.25) is 5.02 Å². The fraction of sp³-hybridized carbons (Fsp3) is 0.0625. The normalized spacial score (nSPS) is 10.7. The molecule has 3 aromatic rings. The minimum absolute atomic E-state index is 0.691. The smallest absolute Gasteiger partial charge is 0.0743 e. The minimum Gasteiger partial charge on any atom is -0.399 e. The number of halogens is 1. The van der Waals surface area contributed by atoms with Crippen LogP contribution in [-0.4, -0.2) is 4.98 Å². The van der Waals surface area contributed by atoms with Gasteiger partial charge in [-0.1, -0.05) is 17.7 Å². The van der Waals surface area contributed by atoms with Gasteiger partial charge in [-0.15, -0.1) is 0 Å². The molecule has 20 heavy (non-hydrogen) atoms. The molecular formula is C16H14ClN3. The van der Waals surface area contributed by atoms with E-state index in [2.05, 4.69) is 10.3 Å². The first kappa shape index (κ1) is 12.8. The van der Waals surface area contributed by atoms with Crippen LogP contribution in [0.5, 0.6) is 0 Å². The molecule has 3 nitrogen and oxygen atoms in total. The number of benzene rings is 2. The van der Waals surface area contributed by atoms with E-state index >= 15 is 0 Å². The van der Waals surface area contributed by atoms with Crippen LogP contribution in [0.3, 0.4) is 0 Å². The second-order valence-electron chi connectivity index (χ2n) is 4.74. The number of nitrogens with two attached hydrogens (primary N) is 1. The van der Waals surface area contributed by atoms with Gasteiger partial charge < -0.3 is 11.1 Å². The van der Waals surface area contributed by atoms with Crippen molar-refractivity contribution in [2.24, 2.45) is 0 Å². The van der Waals surface area contributed by atoms with Gasteiger partial charge in [0.25, 0.3) is 0 Å². The summed E-state index contributed by atoms with van der Waals surface area (Å²) in [7, 11) is 0. The molecule has 2 aromatic carbocycles. The van der Waals surface area contributed by atoms with E-state index in [1.807, 2.05) is 49.4 Å². The molecule has 0 unspecified atom stereocenters. The zero-order chi connectivity index (χ0) is 14.1. The molecule has 0 aliphatic carbocycles. The van der Waals surface area contributed by atoms with E-state index in [0.717, 1.165) is 27.8 Å². The van der Waals surface area contributed by atoms with E-state index in [0.29, 0.717) is 10.7 Å². The van der Waals surface area contributed by atoms with Crippen molar-refractivity contribution >= 4 is 39.6 Å². The summed E-state index contributed by atoms with van der Waals surface area (Å²) < 4.78 is 0. The molecule has 0 spiro atoms. The monoisotopic (exact) mass is 283 g/mol. The third-order valence-electron chi connectivity index (χ3n) is 3.16. The average Bonchev–Trinajstić information content (AvgIpc) is 2.43. The number of hydrogen-bond donors (Lipinski definition) is 2. The Morgan fingerprint density at radius 2 is 1.90 bits per heavy atom. The first-order chi connectivity index (χ1) is 9.63. The van der Waals surface area contributed by atoms with Gasteiger partial charge in [0.1, 0.15) is 0 Å². The van der Waals surface area contributed by atoms with Gasteiger partial charge >= 0.3 is 0 Å². The molecule has 0 radical (unpaired) electrons. The van der Waals surface area contributed by atoms with Crippen molar-refractivity contribution in [2.45, 2.75) is 6.92 Å². The number of aryl methyl sites for hydroxylation is 1. The molecule has 1 heterocycles. The number of anilines is 3. The predicted octanol–water partition coefficient (Wildman–Crippen LogP) is 4.52. The molecule has 3 N–H and O–H groups in total. The molecular weight excluding hydrogens is 270 g/mol. The fourth-order valence-corrected chi connectivity index (χ4v) is 2.32. The molecule has 0 atom stereocenters. The Morgan fingerprint density at radius 3 is 2.75 bits per heavy atom. The Bertz CT molecular complexity index is 784. The van der Waals surface area contributed by atoms with E-state index in [9.17, 15) is 0 Å². The molecule has 0 bridgehead atoms. The molecule has 0 saturated carbocycles. The summed E-state index contributed by atoms with van der Waals surface area (Å²) in [6.07, 6.45) is 1.76. The molecule has 0 aliphatic rings. The molecule has 0 fully saturated rings. The van der Waals surface area contributed by atoms with E-state index in [-0.39, 0.29) is 0 Å². The lowest BCUT2D eigenvalue weighted by Gasteiger charge is -2.12.